The summed E-state index contributed by atoms with van der Waals surface area (Å²) in [7, 11) is 0. The normalized spacial score (nSPS) is 46.1. The first-order valence-electron chi connectivity index (χ1n) is 13.7. The van der Waals surface area contributed by atoms with Crippen LogP contribution in [0.25, 0.3) is 0 Å². The maximum absolute atomic E-state index is 13.0. The predicted molar refractivity (Wildman–Crippen MR) is 146 cm³/mol. The summed E-state index contributed by atoms with van der Waals surface area (Å²) in [5.41, 5.74) is 0.543. The molecular formula is C32H42O6. The van der Waals surface area contributed by atoms with Gasteiger partial charge in [-0.15, -0.1) is 0 Å². The summed E-state index contributed by atoms with van der Waals surface area (Å²) in [6, 6.07) is 0. The zero-order chi connectivity index (χ0) is 27.8. The van der Waals surface area contributed by atoms with Gasteiger partial charge in [0, 0.05) is 24.7 Å². The van der Waals surface area contributed by atoms with Gasteiger partial charge < -0.3 is 29.9 Å². The van der Waals surface area contributed by atoms with Crippen molar-refractivity contribution in [1.82, 2.24) is 0 Å². The largest absolute Gasteiger partial charge is 0.390 e. The molecule has 2 saturated heterocycles. The van der Waals surface area contributed by atoms with Crippen molar-refractivity contribution in [2.24, 2.45) is 17.3 Å². The van der Waals surface area contributed by atoms with Gasteiger partial charge in [-0.05, 0) is 65.5 Å². The fraction of sp³-hybridized carbons (Fsp3) is 0.625. The van der Waals surface area contributed by atoms with E-state index < -0.39 is 58.7 Å². The van der Waals surface area contributed by atoms with Crippen LogP contribution in [-0.4, -0.2) is 61.8 Å². The van der Waals surface area contributed by atoms with E-state index >= 15 is 0 Å². The second-order valence-corrected chi connectivity index (χ2v) is 12.8. The number of hydrogen-bond acceptors (Lipinski definition) is 6. The summed E-state index contributed by atoms with van der Waals surface area (Å²) < 4.78 is 13.1. The van der Waals surface area contributed by atoms with Crippen molar-refractivity contribution in [2.75, 3.05) is 0 Å². The number of epoxide rings is 1. The molecule has 10 atom stereocenters. The van der Waals surface area contributed by atoms with Crippen LogP contribution in [0, 0.1) is 29.1 Å². The van der Waals surface area contributed by atoms with Gasteiger partial charge >= 0.3 is 0 Å². The Kier molecular flexibility index (Phi) is 6.55. The van der Waals surface area contributed by atoms with Crippen LogP contribution in [0.5, 0.6) is 0 Å². The van der Waals surface area contributed by atoms with Crippen LogP contribution < -0.4 is 0 Å². The highest BCUT2D eigenvalue weighted by Gasteiger charge is 2.87. The number of allylic oxidation sites excluding steroid dienone is 5. The van der Waals surface area contributed by atoms with Gasteiger partial charge in [0.2, 0.25) is 5.79 Å². The molecule has 0 aromatic heterocycles. The van der Waals surface area contributed by atoms with Crippen LogP contribution in [0.1, 0.15) is 67.2 Å². The Bertz CT molecular complexity index is 1220. The quantitative estimate of drug-likeness (QED) is 0.254. The van der Waals surface area contributed by atoms with E-state index in [9.17, 15) is 20.4 Å². The van der Waals surface area contributed by atoms with Crippen molar-refractivity contribution in [3.8, 4) is 11.8 Å². The second-order valence-electron chi connectivity index (χ2n) is 12.8. The average molecular weight is 523 g/mol. The fourth-order valence-electron chi connectivity index (χ4n) is 7.46. The molecular weight excluding hydrogens is 480 g/mol. The summed E-state index contributed by atoms with van der Waals surface area (Å²) in [5, 5.41) is 47.7. The van der Waals surface area contributed by atoms with E-state index in [1.807, 2.05) is 53.7 Å². The van der Waals surface area contributed by atoms with Gasteiger partial charge in [0.15, 0.2) is 5.60 Å². The van der Waals surface area contributed by atoms with Crippen molar-refractivity contribution in [3.63, 3.8) is 0 Å². The molecule has 5 aliphatic rings. The minimum absolute atomic E-state index is 0.0815. The van der Waals surface area contributed by atoms with E-state index in [2.05, 4.69) is 24.5 Å². The standard InChI is InChI=1S/C32H42O6/c1-18(2)8-11-29(35)17-22(33)16-23-24-14-21(7)15-25-26(34)28-31(37-28,13-10-20(5)6)32(36,38-27(23)29)30(24,25)12-9-19(3)4/h8,10,14,16,22,24-28,33-36H,3,11,13,15,17H2,1-2,4-7H3/t22-,24-,25-,26-,27-,28+,29+,30-,31+,32-/m1/s1. The second kappa shape index (κ2) is 9.02. The van der Waals surface area contributed by atoms with Gasteiger partial charge in [-0.1, -0.05) is 59.4 Å². The smallest absolute Gasteiger partial charge is 0.217 e. The molecule has 0 aromatic rings. The molecule has 6 nitrogen and oxygen atoms in total. The molecule has 2 heterocycles. The maximum atomic E-state index is 13.0. The third-order valence-electron chi connectivity index (χ3n) is 9.21. The first-order valence-corrected chi connectivity index (χ1v) is 13.7. The van der Waals surface area contributed by atoms with Crippen molar-refractivity contribution < 1.29 is 29.9 Å². The molecule has 206 valence electrons. The molecule has 3 fully saturated rings. The maximum Gasteiger partial charge on any atom is 0.217 e. The lowest BCUT2D eigenvalue weighted by Gasteiger charge is -2.65. The topological polar surface area (TPSA) is 103 Å². The van der Waals surface area contributed by atoms with Crippen molar-refractivity contribution in [3.05, 3.63) is 58.7 Å². The van der Waals surface area contributed by atoms with E-state index in [1.165, 1.54) is 0 Å². The lowest BCUT2D eigenvalue weighted by atomic mass is 9.45. The van der Waals surface area contributed by atoms with Crippen molar-refractivity contribution in [1.29, 1.82) is 0 Å². The number of aliphatic hydroxyl groups excluding tert-OH is 2. The molecule has 0 unspecified atom stereocenters. The van der Waals surface area contributed by atoms with Gasteiger partial charge in [-0.2, -0.15) is 0 Å². The van der Waals surface area contributed by atoms with Gasteiger partial charge in [0.25, 0.3) is 0 Å². The molecule has 5 rings (SSSR count). The Hall–Kier alpha value is -1.98. The third-order valence-corrected chi connectivity index (χ3v) is 9.21. The first kappa shape index (κ1) is 27.6. The molecule has 0 radical (unpaired) electrons. The van der Waals surface area contributed by atoms with Crippen LogP contribution in [0.2, 0.25) is 0 Å². The highest BCUT2D eigenvalue weighted by atomic mass is 16.7. The minimum Gasteiger partial charge on any atom is -0.390 e. The molecule has 2 aliphatic heterocycles. The molecule has 0 bridgehead atoms. The molecule has 3 aliphatic carbocycles. The van der Waals surface area contributed by atoms with Crippen LogP contribution >= 0.6 is 0 Å². The van der Waals surface area contributed by atoms with E-state index in [4.69, 9.17) is 9.47 Å². The fourth-order valence-corrected chi connectivity index (χ4v) is 7.46. The Morgan fingerprint density at radius 3 is 2.34 bits per heavy atom. The van der Waals surface area contributed by atoms with E-state index in [0.29, 0.717) is 24.0 Å². The number of rotatable bonds is 4. The van der Waals surface area contributed by atoms with E-state index in [1.54, 1.807) is 6.08 Å². The van der Waals surface area contributed by atoms with Crippen LogP contribution in [0.3, 0.4) is 0 Å². The van der Waals surface area contributed by atoms with Crippen molar-refractivity contribution in [2.45, 2.75) is 109 Å². The van der Waals surface area contributed by atoms with Gasteiger partial charge in [0.1, 0.15) is 23.2 Å². The summed E-state index contributed by atoms with van der Waals surface area (Å²) in [5.74, 6) is 3.58. The third kappa shape index (κ3) is 3.78. The molecule has 6 heteroatoms. The Morgan fingerprint density at radius 1 is 1.05 bits per heavy atom. The molecule has 0 spiro atoms. The van der Waals surface area contributed by atoms with Gasteiger partial charge in [-0.3, -0.25) is 0 Å². The SMILES string of the molecule is C=C(C)C#C[C@@]12[C@@H]3C=C(C)C[C@@H]1[C@@H](O)[C@@H]1O[C@]1(CC=C(C)C)[C@]2(O)O[C@@H]1C3=C[C@@H](O)C[C@@]1(O)CC=C(C)C. The molecule has 0 amide bonds. The summed E-state index contributed by atoms with van der Waals surface area (Å²) in [4.78, 5) is 0. The zero-order valence-electron chi connectivity index (χ0n) is 23.4. The number of fused-ring (bicyclic) bond motifs is 4. The highest BCUT2D eigenvalue weighted by Crippen LogP contribution is 2.73. The van der Waals surface area contributed by atoms with Gasteiger partial charge in [-0.25, -0.2) is 0 Å². The lowest BCUT2D eigenvalue weighted by molar-refractivity contribution is -0.370. The summed E-state index contributed by atoms with van der Waals surface area (Å²) in [6.45, 7) is 15.7. The van der Waals surface area contributed by atoms with Crippen LogP contribution in [0.15, 0.2) is 58.7 Å². The Labute approximate surface area is 226 Å². The molecule has 0 aromatic carbocycles. The predicted octanol–water partition coefficient (Wildman–Crippen LogP) is 3.87. The van der Waals surface area contributed by atoms with Crippen LogP contribution in [-0.2, 0) is 9.47 Å². The Balaban J connectivity index is 1.79. The molecule has 38 heavy (non-hydrogen) atoms. The van der Waals surface area contributed by atoms with Gasteiger partial charge in [0.05, 0.1) is 12.2 Å². The number of hydrogen-bond donors (Lipinski definition) is 4. The van der Waals surface area contributed by atoms with Crippen molar-refractivity contribution >= 4 is 0 Å². The summed E-state index contributed by atoms with van der Waals surface area (Å²) >= 11 is 0. The summed E-state index contributed by atoms with van der Waals surface area (Å²) in [6.07, 6.45) is 5.73. The Morgan fingerprint density at radius 2 is 1.71 bits per heavy atom. The molecule has 1 saturated carbocycles. The highest BCUT2D eigenvalue weighted by molar-refractivity contribution is 5.49. The molecule has 4 N–H and O–H groups in total. The first-order chi connectivity index (χ1) is 17.7. The monoisotopic (exact) mass is 522 g/mol. The van der Waals surface area contributed by atoms with E-state index in [0.717, 1.165) is 16.7 Å². The minimum atomic E-state index is -1.94. The number of aliphatic hydroxyl groups is 4. The lowest BCUT2D eigenvalue weighted by Crippen LogP contribution is -2.77. The zero-order valence-corrected chi connectivity index (χ0v) is 23.4. The number of ether oxygens (including phenoxy) is 2. The average Bonchev–Trinajstić information content (AvgIpc) is 3.57. The van der Waals surface area contributed by atoms with Crippen LogP contribution in [0.4, 0.5) is 0 Å². The van der Waals surface area contributed by atoms with E-state index in [-0.39, 0.29) is 12.8 Å².